The highest BCUT2D eigenvalue weighted by Gasteiger charge is 2.52. The maximum atomic E-state index is 12.7. The molecule has 4 N–H and O–H groups in total. The zero-order valence-corrected chi connectivity index (χ0v) is 13.3. The quantitative estimate of drug-likeness (QED) is 0.315. The van der Waals surface area contributed by atoms with E-state index in [2.05, 4.69) is 24.3 Å². The largest absolute Gasteiger partial charge is 0.409 e. The third-order valence-electron chi connectivity index (χ3n) is 5.40. The summed E-state index contributed by atoms with van der Waals surface area (Å²) in [5.41, 5.74) is 5.03. The Labute approximate surface area is 127 Å². The third kappa shape index (κ3) is 3.16. The second kappa shape index (κ2) is 6.67. The zero-order chi connectivity index (χ0) is 15.5. The Bertz CT molecular complexity index is 396. The van der Waals surface area contributed by atoms with Crippen LogP contribution in [0.4, 0.5) is 0 Å². The molecular weight excluding hydrogens is 266 g/mol. The Morgan fingerprint density at radius 2 is 2.00 bits per heavy atom. The van der Waals surface area contributed by atoms with Crippen LogP contribution in [0.2, 0.25) is 0 Å². The highest BCUT2D eigenvalue weighted by molar-refractivity contribution is 6.07. The van der Waals surface area contributed by atoms with Gasteiger partial charge in [-0.05, 0) is 43.9 Å². The molecule has 0 radical (unpaired) electrons. The van der Waals surface area contributed by atoms with E-state index in [-0.39, 0.29) is 17.8 Å². The van der Waals surface area contributed by atoms with Gasteiger partial charge in [-0.3, -0.25) is 4.79 Å². The summed E-state index contributed by atoms with van der Waals surface area (Å²) in [5, 5.41) is 15.3. The smallest absolute Gasteiger partial charge is 0.234 e. The van der Waals surface area contributed by atoms with Gasteiger partial charge in [0.05, 0.1) is 0 Å². The van der Waals surface area contributed by atoms with Gasteiger partial charge in [0.25, 0.3) is 0 Å². The van der Waals surface area contributed by atoms with Gasteiger partial charge in [0.15, 0.2) is 5.84 Å². The molecule has 21 heavy (non-hydrogen) atoms. The lowest BCUT2D eigenvalue weighted by molar-refractivity contribution is -0.134. The van der Waals surface area contributed by atoms with Crippen LogP contribution in [0.25, 0.3) is 0 Å². The van der Waals surface area contributed by atoms with Crippen LogP contribution in [0.1, 0.15) is 65.2 Å². The molecule has 2 fully saturated rings. The normalized spacial score (nSPS) is 32.3. The lowest BCUT2D eigenvalue weighted by Gasteiger charge is -2.45. The van der Waals surface area contributed by atoms with Crippen LogP contribution in [0, 0.1) is 17.3 Å². The maximum Gasteiger partial charge on any atom is 0.234 e. The van der Waals surface area contributed by atoms with Gasteiger partial charge < -0.3 is 16.3 Å². The number of amides is 1. The number of carbonyl (C=O) groups excluding carboxylic acids is 1. The van der Waals surface area contributed by atoms with Crippen molar-refractivity contribution in [1.29, 1.82) is 0 Å². The lowest BCUT2D eigenvalue weighted by atomic mass is 9.61. The summed E-state index contributed by atoms with van der Waals surface area (Å²) >= 11 is 0. The van der Waals surface area contributed by atoms with Crippen LogP contribution >= 0.6 is 0 Å². The molecule has 5 nitrogen and oxygen atoms in total. The van der Waals surface area contributed by atoms with Gasteiger partial charge in [0.2, 0.25) is 5.91 Å². The van der Waals surface area contributed by atoms with Gasteiger partial charge in [0.1, 0.15) is 5.41 Å². The van der Waals surface area contributed by atoms with E-state index in [1.54, 1.807) is 0 Å². The van der Waals surface area contributed by atoms with Gasteiger partial charge in [-0.25, -0.2) is 0 Å². The summed E-state index contributed by atoms with van der Waals surface area (Å²) in [4.78, 5) is 12.7. The number of nitrogens with two attached hydrogens (primary N) is 1. The molecule has 2 aliphatic carbocycles. The van der Waals surface area contributed by atoms with Gasteiger partial charge in [-0.15, -0.1) is 0 Å². The zero-order valence-electron chi connectivity index (χ0n) is 13.3. The van der Waals surface area contributed by atoms with Crippen molar-refractivity contribution < 1.29 is 10.0 Å². The minimum Gasteiger partial charge on any atom is -0.409 e. The van der Waals surface area contributed by atoms with E-state index < -0.39 is 5.41 Å². The molecule has 0 saturated heterocycles. The molecule has 0 bridgehead atoms. The van der Waals surface area contributed by atoms with Crippen molar-refractivity contribution in [2.45, 2.75) is 71.3 Å². The summed E-state index contributed by atoms with van der Waals surface area (Å²) < 4.78 is 0. The minimum atomic E-state index is -0.781. The minimum absolute atomic E-state index is 0.0478. The molecule has 0 spiro atoms. The Balaban J connectivity index is 2.03. The number of nitrogens with zero attached hydrogens (tertiary/aromatic N) is 1. The van der Waals surface area contributed by atoms with Crippen LogP contribution < -0.4 is 11.1 Å². The van der Waals surface area contributed by atoms with Crippen LogP contribution in [0.3, 0.4) is 0 Å². The Hall–Kier alpha value is -1.26. The molecule has 2 saturated carbocycles. The van der Waals surface area contributed by atoms with Crippen molar-refractivity contribution in [3.63, 3.8) is 0 Å². The molecular formula is C16H29N3O2. The maximum absolute atomic E-state index is 12.7. The summed E-state index contributed by atoms with van der Waals surface area (Å²) in [5.74, 6) is 1.05. The molecule has 5 heteroatoms. The van der Waals surface area contributed by atoms with Crippen LogP contribution in [-0.4, -0.2) is 23.0 Å². The molecule has 120 valence electrons. The van der Waals surface area contributed by atoms with Gasteiger partial charge in [-0.1, -0.05) is 38.3 Å². The molecule has 2 aliphatic rings. The topological polar surface area (TPSA) is 87.7 Å². The first kappa shape index (κ1) is 16.1. The highest BCUT2D eigenvalue weighted by Crippen LogP contribution is 2.46. The molecule has 0 heterocycles. The van der Waals surface area contributed by atoms with Gasteiger partial charge in [0, 0.05) is 6.04 Å². The third-order valence-corrected chi connectivity index (χ3v) is 5.40. The number of rotatable bonds is 5. The lowest BCUT2D eigenvalue weighted by Crippen LogP contribution is -2.59. The summed E-state index contributed by atoms with van der Waals surface area (Å²) in [6.07, 6.45) is 8.53. The van der Waals surface area contributed by atoms with Crippen LogP contribution in [-0.2, 0) is 4.79 Å². The van der Waals surface area contributed by atoms with E-state index in [1.165, 1.54) is 32.1 Å². The first-order valence-corrected chi connectivity index (χ1v) is 8.32. The van der Waals surface area contributed by atoms with Gasteiger partial charge >= 0.3 is 0 Å². The van der Waals surface area contributed by atoms with Crippen molar-refractivity contribution in [1.82, 2.24) is 5.32 Å². The predicted molar refractivity (Wildman–Crippen MR) is 83.0 cm³/mol. The Kier molecular flexibility index (Phi) is 5.12. The summed E-state index contributed by atoms with van der Waals surface area (Å²) in [7, 11) is 0. The first-order valence-electron chi connectivity index (χ1n) is 8.32. The standard InChI is InChI=1S/C16H29N3O2/c1-3-13(12-7-5-4-6-8-12)18-15(20)16(14(17)19-21)9-11(2)10-16/h11-13,21H,3-10H2,1-2H3,(H2,17,19)(H,18,20). The van der Waals surface area contributed by atoms with Gasteiger partial charge in [-0.2, -0.15) is 0 Å². The molecule has 1 atom stereocenters. The van der Waals surface area contributed by atoms with Crippen molar-refractivity contribution in [2.75, 3.05) is 0 Å². The monoisotopic (exact) mass is 295 g/mol. The summed E-state index contributed by atoms with van der Waals surface area (Å²) in [6, 6.07) is 0.220. The van der Waals surface area contributed by atoms with E-state index >= 15 is 0 Å². The fourth-order valence-electron chi connectivity index (χ4n) is 4.13. The Morgan fingerprint density at radius 3 is 2.48 bits per heavy atom. The van der Waals surface area contributed by atoms with Crippen LogP contribution in [0.5, 0.6) is 0 Å². The van der Waals surface area contributed by atoms with E-state index in [0.29, 0.717) is 24.7 Å². The second-order valence-electron chi connectivity index (χ2n) is 6.97. The molecule has 0 aromatic heterocycles. The SMILES string of the molecule is CCC(NC(=O)C1(C(N)=NO)CC(C)C1)C1CCCCC1. The molecule has 1 unspecified atom stereocenters. The van der Waals surface area contributed by atoms with Crippen molar-refractivity contribution in [3.05, 3.63) is 0 Å². The Morgan fingerprint density at radius 1 is 1.38 bits per heavy atom. The molecule has 0 aromatic rings. The highest BCUT2D eigenvalue weighted by atomic mass is 16.4. The number of carbonyl (C=O) groups is 1. The molecule has 2 rings (SSSR count). The fraction of sp³-hybridized carbons (Fsp3) is 0.875. The van der Waals surface area contributed by atoms with Crippen molar-refractivity contribution >= 4 is 11.7 Å². The molecule has 0 aromatic carbocycles. The number of hydrogen-bond donors (Lipinski definition) is 3. The van der Waals surface area contributed by atoms with E-state index in [9.17, 15) is 4.79 Å². The average molecular weight is 295 g/mol. The van der Waals surface area contributed by atoms with Crippen molar-refractivity contribution in [3.8, 4) is 0 Å². The van der Waals surface area contributed by atoms with Crippen LogP contribution in [0.15, 0.2) is 5.16 Å². The molecule has 1 amide bonds. The predicted octanol–water partition coefficient (Wildman–Crippen LogP) is 2.62. The average Bonchev–Trinajstić information content (AvgIpc) is 2.49. The number of hydrogen-bond acceptors (Lipinski definition) is 3. The van der Waals surface area contributed by atoms with E-state index in [0.717, 1.165) is 6.42 Å². The summed E-state index contributed by atoms with van der Waals surface area (Å²) in [6.45, 7) is 4.22. The van der Waals surface area contributed by atoms with E-state index in [4.69, 9.17) is 10.9 Å². The van der Waals surface area contributed by atoms with E-state index in [1.807, 2.05) is 0 Å². The number of oxime groups is 1. The molecule has 0 aliphatic heterocycles. The number of amidine groups is 1. The van der Waals surface area contributed by atoms with Crippen molar-refractivity contribution in [2.24, 2.45) is 28.1 Å². The fourth-order valence-corrected chi connectivity index (χ4v) is 4.13. The first-order chi connectivity index (χ1) is 10.0. The second-order valence-corrected chi connectivity index (χ2v) is 6.97. The number of nitrogens with one attached hydrogen (secondary N) is 1.